The molecule has 0 N–H and O–H groups in total. The molecule has 3 aromatic rings. The molecule has 172 valence electrons. The first-order chi connectivity index (χ1) is 16.1. The van der Waals surface area contributed by atoms with Crippen molar-refractivity contribution in [3.8, 4) is 0 Å². The van der Waals surface area contributed by atoms with Crippen LogP contribution in [0.4, 0.5) is 11.6 Å². The molecule has 1 aliphatic carbocycles. The number of aryl methyl sites for hydroxylation is 2. The quantitative estimate of drug-likeness (QED) is 0.497. The van der Waals surface area contributed by atoms with E-state index in [-0.39, 0.29) is 5.56 Å². The summed E-state index contributed by atoms with van der Waals surface area (Å²) in [5.74, 6) is 0.768. The first kappa shape index (κ1) is 21.9. The van der Waals surface area contributed by atoms with Gasteiger partial charge in [-0.3, -0.25) is 19.2 Å². The molecule has 1 aromatic heterocycles. The highest BCUT2D eigenvalue weighted by atomic mass is 16.1. The van der Waals surface area contributed by atoms with Crippen LogP contribution in [-0.4, -0.2) is 27.2 Å². The van der Waals surface area contributed by atoms with E-state index in [9.17, 15) is 4.79 Å². The summed E-state index contributed by atoms with van der Waals surface area (Å²) in [5, 5.41) is 0. The molecule has 5 rings (SSSR count). The van der Waals surface area contributed by atoms with Gasteiger partial charge in [-0.2, -0.15) is 0 Å². The number of nitrogens with zero attached hydrogens (tertiary/aromatic N) is 4. The predicted molar refractivity (Wildman–Crippen MR) is 134 cm³/mol. The fourth-order valence-electron chi connectivity index (χ4n) is 5.34. The van der Waals surface area contributed by atoms with Gasteiger partial charge in [0.05, 0.1) is 19.0 Å². The number of benzene rings is 2. The average molecular weight is 443 g/mol. The van der Waals surface area contributed by atoms with Gasteiger partial charge >= 0.3 is 0 Å². The summed E-state index contributed by atoms with van der Waals surface area (Å²) in [4.78, 5) is 23.6. The number of anilines is 2. The lowest BCUT2D eigenvalue weighted by Gasteiger charge is -2.42. The van der Waals surface area contributed by atoms with Crippen molar-refractivity contribution in [1.82, 2.24) is 14.5 Å². The Kier molecular flexibility index (Phi) is 6.32. The molecule has 0 spiro atoms. The highest BCUT2D eigenvalue weighted by Crippen LogP contribution is 2.32. The molecule has 5 nitrogen and oxygen atoms in total. The van der Waals surface area contributed by atoms with E-state index in [1.165, 1.54) is 44.1 Å². The van der Waals surface area contributed by atoms with Crippen molar-refractivity contribution in [1.29, 1.82) is 0 Å². The summed E-state index contributed by atoms with van der Waals surface area (Å²) in [6.07, 6.45) is 8.24. The summed E-state index contributed by atoms with van der Waals surface area (Å²) >= 11 is 0. The summed E-state index contributed by atoms with van der Waals surface area (Å²) in [6, 6.07) is 19.3. The molecule has 2 aliphatic rings. The van der Waals surface area contributed by atoms with Gasteiger partial charge in [0, 0.05) is 23.7 Å². The minimum Gasteiger partial charge on any atom is -0.298 e. The first-order valence-electron chi connectivity index (χ1n) is 12.3. The zero-order valence-electron chi connectivity index (χ0n) is 19.8. The second kappa shape index (κ2) is 9.52. The first-order valence-corrected chi connectivity index (χ1v) is 12.3. The summed E-state index contributed by atoms with van der Waals surface area (Å²) in [7, 11) is 0. The van der Waals surface area contributed by atoms with E-state index in [0.717, 1.165) is 35.1 Å². The van der Waals surface area contributed by atoms with E-state index in [4.69, 9.17) is 4.98 Å². The van der Waals surface area contributed by atoms with Gasteiger partial charge in [-0.05, 0) is 49.9 Å². The Bertz CT molecular complexity index is 1160. The van der Waals surface area contributed by atoms with E-state index in [0.29, 0.717) is 19.1 Å². The predicted octanol–water partition coefficient (Wildman–Crippen LogP) is 5.54. The number of fused-ring (bicyclic) bond motifs is 1. The topological polar surface area (TPSA) is 41.4 Å². The third kappa shape index (κ3) is 4.60. The molecule has 0 saturated heterocycles. The summed E-state index contributed by atoms with van der Waals surface area (Å²) in [5.41, 5.74) is 5.19. The Hall–Kier alpha value is -2.92. The lowest BCUT2D eigenvalue weighted by atomic mass is 10.0. The average Bonchev–Trinajstić information content (AvgIpc) is 3.12. The highest BCUT2D eigenvalue weighted by molar-refractivity contribution is 5.59. The second-order valence-corrected chi connectivity index (χ2v) is 9.66. The van der Waals surface area contributed by atoms with Gasteiger partial charge in [-0.25, -0.2) is 4.98 Å². The standard InChI is InChI=1S/C28H34N4O/c1-21-11-10-16-25(17-21)31-19-30(24-14-8-3-4-9-15-24)20-32-27(33)26(22(2)29-28(31)32)18-23-12-6-5-7-13-23/h5-7,10-13,16-17,24H,3-4,8-9,14-15,18-20H2,1-2H3. The maximum absolute atomic E-state index is 13.8. The van der Waals surface area contributed by atoms with Crippen LogP contribution in [0.15, 0.2) is 59.4 Å². The lowest BCUT2D eigenvalue weighted by molar-refractivity contribution is 0.123. The Morgan fingerprint density at radius 1 is 0.909 bits per heavy atom. The third-order valence-electron chi connectivity index (χ3n) is 7.21. The highest BCUT2D eigenvalue weighted by Gasteiger charge is 2.31. The van der Waals surface area contributed by atoms with Crippen LogP contribution in [-0.2, 0) is 13.1 Å². The van der Waals surface area contributed by atoms with E-state index >= 15 is 0 Å². The maximum atomic E-state index is 13.8. The number of rotatable bonds is 4. The Labute approximate surface area is 196 Å². The van der Waals surface area contributed by atoms with Crippen LogP contribution in [0.25, 0.3) is 0 Å². The Morgan fingerprint density at radius 2 is 1.67 bits per heavy atom. The van der Waals surface area contributed by atoms with Gasteiger partial charge in [-0.1, -0.05) is 68.1 Å². The smallest absolute Gasteiger partial charge is 0.259 e. The molecule has 1 fully saturated rings. The minimum absolute atomic E-state index is 0.0947. The normalized spacial score (nSPS) is 17.6. The molecular formula is C28H34N4O. The molecule has 0 atom stereocenters. The Morgan fingerprint density at radius 3 is 2.39 bits per heavy atom. The summed E-state index contributed by atoms with van der Waals surface area (Å²) < 4.78 is 1.92. The van der Waals surface area contributed by atoms with Crippen LogP contribution in [0.2, 0.25) is 0 Å². The van der Waals surface area contributed by atoms with Crippen molar-refractivity contribution in [2.75, 3.05) is 11.6 Å². The molecule has 5 heteroatoms. The number of aromatic nitrogens is 2. The molecule has 2 heterocycles. The Balaban J connectivity index is 1.58. The molecule has 0 radical (unpaired) electrons. The van der Waals surface area contributed by atoms with Crippen molar-refractivity contribution in [3.63, 3.8) is 0 Å². The third-order valence-corrected chi connectivity index (χ3v) is 7.21. The van der Waals surface area contributed by atoms with Crippen molar-refractivity contribution in [2.24, 2.45) is 0 Å². The van der Waals surface area contributed by atoms with Crippen LogP contribution in [0, 0.1) is 13.8 Å². The second-order valence-electron chi connectivity index (χ2n) is 9.66. The van der Waals surface area contributed by atoms with Crippen LogP contribution in [0.1, 0.15) is 60.9 Å². The van der Waals surface area contributed by atoms with Gasteiger partial charge in [-0.15, -0.1) is 0 Å². The maximum Gasteiger partial charge on any atom is 0.259 e. The molecule has 33 heavy (non-hydrogen) atoms. The lowest BCUT2D eigenvalue weighted by Crippen LogP contribution is -2.51. The van der Waals surface area contributed by atoms with Gasteiger partial charge in [0.15, 0.2) is 0 Å². The molecule has 1 aliphatic heterocycles. The molecule has 0 bridgehead atoms. The van der Waals surface area contributed by atoms with Crippen molar-refractivity contribution in [2.45, 2.75) is 71.5 Å². The van der Waals surface area contributed by atoms with Crippen LogP contribution >= 0.6 is 0 Å². The van der Waals surface area contributed by atoms with Crippen molar-refractivity contribution >= 4 is 11.6 Å². The zero-order valence-corrected chi connectivity index (χ0v) is 19.8. The molecule has 1 saturated carbocycles. The van der Waals surface area contributed by atoms with Crippen molar-refractivity contribution in [3.05, 3.63) is 87.3 Å². The largest absolute Gasteiger partial charge is 0.298 e. The SMILES string of the molecule is Cc1cccc(N2CN(C3CCCCCC3)Cn3c2nc(C)c(Cc2ccccc2)c3=O)c1. The van der Waals surface area contributed by atoms with Gasteiger partial charge < -0.3 is 0 Å². The molecule has 0 unspecified atom stereocenters. The fourth-order valence-corrected chi connectivity index (χ4v) is 5.34. The zero-order chi connectivity index (χ0) is 22.8. The number of hydrogen-bond acceptors (Lipinski definition) is 4. The molecule has 2 aromatic carbocycles. The molecular weight excluding hydrogens is 408 g/mol. The molecule has 0 amide bonds. The van der Waals surface area contributed by atoms with E-state index in [1.54, 1.807) is 0 Å². The van der Waals surface area contributed by atoms with Gasteiger partial charge in [0.2, 0.25) is 5.95 Å². The van der Waals surface area contributed by atoms with Crippen LogP contribution in [0.5, 0.6) is 0 Å². The van der Waals surface area contributed by atoms with Gasteiger partial charge in [0.25, 0.3) is 5.56 Å². The fraction of sp³-hybridized carbons (Fsp3) is 0.429. The van der Waals surface area contributed by atoms with Crippen molar-refractivity contribution < 1.29 is 0 Å². The van der Waals surface area contributed by atoms with Gasteiger partial charge in [0.1, 0.15) is 0 Å². The van der Waals surface area contributed by atoms with E-state index in [2.05, 4.69) is 53.1 Å². The number of hydrogen-bond donors (Lipinski definition) is 0. The monoisotopic (exact) mass is 442 g/mol. The minimum atomic E-state index is 0.0947. The van der Waals surface area contributed by atoms with E-state index < -0.39 is 0 Å². The van der Waals surface area contributed by atoms with E-state index in [1.807, 2.05) is 29.7 Å². The summed E-state index contributed by atoms with van der Waals surface area (Å²) in [6.45, 7) is 5.49. The van der Waals surface area contributed by atoms with Crippen LogP contribution in [0.3, 0.4) is 0 Å². The van der Waals surface area contributed by atoms with Crippen LogP contribution < -0.4 is 10.5 Å².